The molecule has 0 aliphatic carbocycles. The zero-order valence-corrected chi connectivity index (χ0v) is 14.7. The predicted molar refractivity (Wildman–Crippen MR) is 102 cm³/mol. The Morgan fingerprint density at radius 2 is 1.92 bits per heavy atom. The van der Waals surface area contributed by atoms with E-state index in [1.807, 2.05) is 0 Å². The normalized spacial score (nSPS) is 10.2. The molecule has 2 aromatic heterocycles. The van der Waals surface area contributed by atoms with Crippen LogP contribution in [0, 0.1) is 0 Å². The van der Waals surface area contributed by atoms with E-state index in [2.05, 4.69) is 31.1 Å². The molecule has 0 unspecified atom stereocenters. The van der Waals surface area contributed by atoms with Crippen molar-refractivity contribution < 1.29 is 4.79 Å². The van der Waals surface area contributed by atoms with Crippen LogP contribution in [-0.2, 0) is 0 Å². The highest BCUT2D eigenvalue weighted by Crippen LogP contribution is 2.31. The number of benzene rings is 1. The van der Waals surface area contributed by atoms with Gasteiger partial charge in [-0.1, -0.05) is 23.2 Å². The van der Waals surface area contributed by atoms with Gasteiger partial charge in [-0.2, -0.15) is 0 Å². The van der Waals surface area contributed by atoms with Gasteiger partial charge in [0.15, 0.2) is 11.6 Å². The number of carbonyl (C=O) groups is 1. The number of carbonyl (C=O) groups excluding carboxylic acids is 1. The van der Waals surface area contributed by atoms with Crippen LogP contribution in [0.3, 0.4) is 0 Å². The first-order chi connectivity index (χ1) is 12.5. The third kappa shape index (κ3) is 4.11. The number of pyridine rings is 1. The molecule has 0 atom stereocenters. The highest BCUT2D eigenvalue weighted by Gasteiger charge is 2.11. The standard InChI is InChI=1S/C16H13Cl2N7O/c17-10-3-4-12(11(18)6-10)23-14-13(19)15(22-8-21-14)24-25-16(26)9-2-1-5-20-7-9/h1-8H,19H2,(H,25,26)(H2,21,22,23,24). The number of halogens is 2. The van der Waals surface area contributed by atoms with Crippen molar-refractivity contribution in [3.8, 4) is 0 Å². The second-order valence-corrected chi connectivity index (χ2v) is 5.90. The van der Waals surface area contributed by atoms with E-state index in [1.165, 1.54) is 12.5 Å². The minimum Gasteiger partial charge on any atom is -0.393 e. The van der Waals surface area contributed by atoms with Gasteiger partial charge in [0, 0.05) is 17.4 Å². The van der Waals surface area contributed by atoms with E-state index >= 15 is 0 Å². The molecule has 26 heavy (non-hydrogen) atoms. The average Bonchev–Trinajstić information content (AvgIpc) is 2.65. The number of hydrogen-bond donors (Lipinski definition) is 4. The van der Waals surface area contributed by atoms with Crippen LogP contribution in [0.2, 0.25) is 10.0 Å². The molecular formula is C16H13Cl2N7O. The van der Waals surface area contributed by atoms with Crippen molar-refractivity contribution in [3.05, 3.63) is 64.7 Å². The molecule has 0 aliphatic rings. The molecule has 2 heterocycles. The maximum Gasteiger partial charge on any atom is 0.271 e. The molecule has 3 rings (SSSR count). The third-order valence-electron chi connectivity index (χ3n) is 3.29. The van der Waals surface area contributed by atoms with Crippen LogP contribution in [0.25, 0.3) is 0 Å². The number of hydrogen-bond acceptors (Lipinski definition) is 7. The number of hydrazine groups is 1. The van der Waals surface area contributed by atoms with Gasteiger partial charge in [-0.15, -0.1) is 0 Å². The van der Waals surface area contributed by atoms with E-state index < -0.39 is 0 Å². The maximum atomic E-state index is 12.0. The molecule has 0 fully saturated rings. The fourth-order valence-electron chi connectivity index (χ4n) is 2.00. The lowest BCUT2D eigenvalue weighted by Crippen LogP contribution is -2.30. The summed E-state index contributed by atoms with van der Waals surface area (Å²) < 4.78 is 0. The van der Waals surface area contributed by atoms with Crippen molar-refractivity contribution in [1.29, 1.82) is 0 Å². The first-order valence-electron chi connectivity index (χ1n) is 7.33. The van der Waals surface area contributed by atoms with E-state index in [9.17, 15) is 4.79 Å². The van der Waals surface area contributed by atoms with Crippen LogP contribution < -0.4 is 21.9 Å². The lowest BCUT2D eigenvalue weighted by atomic mass is 10.3. The Kier molecular flexibility index (Phi) is 5.35. The Labute approximate surface area is 158 Å². The van der Waals surface area contributed by atoms with Gasteiger partial charge in [0.1, 0.15) is 12.0 Å². The van der Waals surface area contributed by atoms with Gasteiger partial charge in [0.2, 0.25) is 0 Å². The molecule has 132 valence electrons. The molecule has 10 heteroatoms. The number of nitrogens with one attached hydrogen (secondary N) is 3. The van der Waals surface area contributed by atoms with E-state index in [-0.39, 0.29) is 17.4 Å². The first kappa shape index (κ1) is 17.7. The van der Waals surface area contributed by atoms with Crippen LogP contribution in [0.15, 0.2) is 49.1 Å². The van der Waals surface area contributed by atoms with Crippen LogP contribution >= 0.6 is 23.2 Å². The van der Waals surface area contributed by atoms with Gasteiger partial charge in [-0.25, -0.2) is 9.97 Å². The molecule has 0 spiro atoms. The van der Waals surface area contributed by atoms with E-state index in [1.54, 1.807) is 36.5 Å². The van der Waals surface area contributed by atoms with Crippen LogP contribution in [-0.4, -0.2) is 20.9 Å². The van der Waals surface area contributed by atoms with E-state index in [0.29, 0.717) is 27.1 Å². The zero-order chi connectivity index (χ0) is 18.5. The minimum atomic E-state index is -0.383. The molecule has 5 N–H and O–H groups in total. The Hall–Kier alpha value is -3.10. The van der Waals surface area contributed by atoms with Crippen molar-refractivity contribution in [3.63, 3.8) is 0 Å². The summed E-state index contributed by atoms with van der Waals surface area (Å²) in [7, 11) is 0. The second-order valence-electron chi connectivity index (χ2n) is 5.05. The van der Waals surface area contributed by atoms with Crippen LogP contribution in [0.5, 0.6) is 0 Å². The second kappa shape index (κ2) is 7.85. The molecule has 0 bridgehead atoms. The number of amides is 1. The molecule has 1 aromatic carbocycles. The maximum absolute atomic E-state index is 12.0. The number of aromatic nitrogens is 3. The fourth-order valence-corrected chi connectivity index (χ4v) is 2.45. The molecule has 8 nitrogen and oxygen atoms in total. The highest BCUT2D eigenvalue weighted by molar-refractivity contribution is 6.36. The van der Waals surface area contributed by atoms with Crippen molar-refractivity contribution in [2.75, 3.05) is 16.5 Å². The van der Waals surface area contributed by atoms with Crippen molar-refractivity contribution in [1.82, 2.24) is 20.4 Å². The number of nitrogen functional groups attached to an aromatic ring is 1. The van der Waals surface area contributed by atoms with E-state index in [4.69, 9.17) is 28.9 Å². The summed E-state index contributed by atoms with van der Waals surface area (Å²) >= 11 is 12.0. The van der Waals surface area contributed by atoms with Gasteiger partial charge in [0.05, 0.1) is 16.3 Å². The van der Waals surface area contributed by atoms with Gasteiger partial charge >= 0.3 is 0 Å². The highest BCUT2D eigenvalue weighted by atomic mass is 35.5. The minimum absolute atomic E-state index is 0.199. The van der Waals surface area contributed by atoms with Crippen LogP contribution in [0.4, 0.5) is 23.0 Å². The van der Waals surface area contributed by atoms with E-state index in [0.717, 1.165) is 0 Å². The quantitative estimate of drug-likeness (QED) is 0.494. The Morgan fingerprint density at radius 1 is 1.12 bits per heavy atom. The summed E-state index contributed by atoms with van der Waals surface area (Å²) in [6, 6.07) is 8.26. The van der Waals surface area contributed by atoms with Crippen molar-refractivity contribution in [2.45, 2.75) is 0 Å². The lowest BCUT2D eigenvalue weighted by molar-refractivity contribution is 0.0962. The number of nitrogens with two attached hydrogens (primary N) is 1. The molecule has 3 aromatic rings. The molecular weight excluding hydrogens is 377 g/mol. The molecule has 0 saturated heterocycles. The SMILES string of the molecule is Nc1c(NNC(=O)c2cccnc2)ncnc1Nc1ccc(Cl)cc1Cl. The molecule has 0 saturated carbocycles. The Morgan fingerprint density at radius 3 is 2.65 bits per heavy atom. The molecule has 0 aliphatic heterocycles. The topological polar surface area (TPSA) is 118 Å². The van der Waals surface area contributed by atoms with Crippen molar-refractivity contribution in [2.24, 2.45) is 0 Å². The summed E-state index contributed by atoms with van der Waals surface area (Å²) in [5, 5.41) is 3.92. The van der Waals surface area contributed by atoms with Gasteiger partial charge in [-0.3, -0.25) is 20.6 Å². The summed E-state index contributed by atoms with van der Waals surface area (Å²) in [5.74, 6) is 0.165. The van der Waals surface area contributed by atoms with Gasteiger partial charge < -0.3 is 11.1 Å². The summed E-state index contributed by atoms with van der Waals surface area (Å²) in [6.07, 6.45) is 4.31. The smallest absolute Gasteiger partial charge is 0.271 e. The zero-order valence-electron chi connectivity index (χ0n) is 13.2. The number of nitrogens with zero attached hydrogens (tertiary/aromatic N) is 3. The van der Waals surface area contributed by atoms with Gasteiger partial charge in [-0.05, 0) is 30.3 Å². The lowest BCUT2D eigenvalue weighted by Gasteiger charge is -2.14. The summed E-state index contributed by atoms with van der Waals surface area (Å²) in [4.78, 5) is 24.0. The largest absolute Gasteiger partial charge is 0.393 e. The first-order valence-corrected chi connectivity index (χ1v) is 8.09. The monoisotopic (exact) mass is 389 g/mol. The Bertz CT molecular complexity index is 937. The number of rotatable bonds is 5. The summed E-state index contributed by atoms with van der Waals surface area (Å²) in [5.41, 5.74) is 12.4. The molecule has 0 radical (unpaired) electrons. The Balaban J connectivity index is 1.74. The predicted octanol–water partition coefficient (Wildman–Crippen LogP) is 3.26. The average molecular weight is 390 g/mol. The van der Waals surface area contributed by atoms with Gasteiger partial charge in [0.25, 0.3) is 5.91 Å². The fraction of sp³-hybridized carbons (Fsp3) is 0. The third-order valence-corrected chi connectivity index (χ3v) is 3.83. The molecule has 1 amide bonds. The summed E-state index contributed by atoms with van der Waals surface area (Å²) in [6.45, 7) is 0. The van der Waals surface area contributed by atoms with Crippen LogP contribution in [0.1, 0.15) is 10.4 Å². The number of anilines is 4. The van der Waals surface area contributed by atoms with Crippen molar-refractivity contribution >= 4 is 52.1 Å².